The van der Waals surface area contributed by atoms with Gasteiger partial charge in [0.05, 0.1) is 26.4 Å². The number of methoxy groups -OCH3 is 2. The maximum Gasteiger partial charge on any atom is 0.146 e. The molecule has 6 nitrogen and oxygen atoms in total. The highest BCUT2D eigenvalue weighted by Gasteiger charge is 2.50. The van der Waals surface area contributed by atoms with E-state index < -0.39 is 5.60 Å². The Labute approximate surface area is 142 Å². The van der Waals surface area contributed by atoms with Crippen LogP contribution in [0.2, 0.25) is 0 Å². The molecule has 0 spiro atoms. The van der Waals surface area contributed by atoms with Crippen LogP contribution in [0.3, 0.4) is 0 Å². The van der Waals surface area contributed by atoms with Gasteiger partial charge in [-0.1, -0.05) is 12.1 Å². The summed E-state index contributed by atoms with van der Waals surface area (Å²) in [7, 11) is 3.21. The van der Waals surface area contributed by atoms with Crippen LogP contribution in [-0.4, -0.2) is 52.2 Å². The summed E-state index contributed by atoms with van der Waals surface area (Å²) in [5.41, 5.74) is 0.534. The summed E-state index contributed by atoms with van der Waals surface area (Å²) in [5, 5.41) is 0. The van der Waals surface area contributed by atoms with Crippen LogP contribution in [0, 0.1) is 0 Å². The molecule has 132 valence electrons. The van der Waals surface area contributed by atoms with Crippen molar-refractivity contribution in [3.8, 4) is 5.75 Å². The molecule has 2 rings (SSSR count). The molecule has 0 amide bonds. The normalized spacial score (nSPS) is 20.9. The number of rotatable bonds is 12. The van der Waals surface area contributed by atoms with Crippen LogP contribution in [0.5, 0.6) is 5.75 Å². The fourth-order valence-electron chi connectivity index (χ4n) is 2.40. The van der Waals surface area contributed by atoms with Crippen molar-refractivity contribution in [1.82, 2.24) is 0 Å². The Kier molecular flexibility index (Phi) is 7.39. The van der Waals surface area contributed by atoms with Crippen molar-refractivity contribution in [3.05, 3.63) is 42.0 Å². The first kappa shape index (κ1) is 18.6. The van der Waals surface area contributed by atoms with Crippen LogP contribution < -0.4 is 4.74 Å². The molecule has 24 heavy (non-hydrogen) atoms. The van der Waals surface area contributed by atoms with Crippen LogP contribution in [0.4, 0.5) is 0 Å². The van der Waals surface area contributed by atoms with Crippen LogP contribution in [0.25, 0.3) is 0 Å². The number of allylic oxidation sites excluding steroid dienone is 1. The number of carbonyl (C=O) groups excluding carboxylic acids is 1. The molecule has 0 unspecified atom stereocenters. The molecule has 1 aliphatic rings. The van der Waals surface area contributed by atoms with Crippen LogP contribution >= 0.6 is 0 Å². The third-order valence-corrected chi connectivity index (χ3v) is 3.82. The third-order valence-electron chi connectivity index (χ3n) is 3.82. The van der Waals surface area contributed by atoms with Crippen molar-refractivity contribution in [2.45, 2.75) is 24.7 Å². The molecule has 0 bridgehead atoms. The summed E-state index contributed by atoms with van der Waals surface area (Å²) in [6, 6.07) is 7.74. The van der Waals surface area contributed by atoms with Gasteiger partial charge < -0.3 is 23.7 Å². The van der Waals surface area contributed by atoms with Gasteiger partial charge in [0.25, 0.3) is 0 Å². The second-order valence-corrected chi connectivity index (χ2v) is 5.49. The molecule has 1 aliphatic heterocycles. The van der Waals surface area contributed by atoms with Crippen LogP contribution in [0.1, 0.15) is 12.0 Å². The lowest BCUT2D eigenvalue weighted by Gasteiger charge is -2.21. The molecule has 2 atom stereocenters. The van der Waals surface area contributed by atoms with Gasteiger partial charge in [0.1, 0.15) is 24.4 Å². The maximum absolute atomic E-state index is 10.5. The van der Waals surface area contributed by atoms with Crippen molar-refractivity contribution in [1.29, 1.82) is 0 Å². The van der Waals surface area contributed by atoms with Gasteiger partial charge in [0.2, 0.25) is 0 Å². The highest BCUT2D eigenvalue weighted by Crippen LogP contribution is 2.36. The van der Waals surface area contributed by atoms with Crippen molar-refractivity contribution in [2.24, 2.45) is 0 Å². The van der Waals surface area contributed by atoms with Crippen molar-refractivity contribution in [3.63, 3.8) is 0 Å². The van der Waals surface area contributed by atoms with Gasteiger partial charge in [-0.2, -0.15) is 0 Å². The first-order valence-electron chi connectivity index (χ1n) is 7.82. The van der Waals surface area contributed by atoms with Gasteiger partial charge in [0, 0.05) is 20.1 Å². The Bertz CT molecular complexity index is 521. The molecule has 1 heterocycles. The molecule has 0 N–H and O–H groups in total. The molecule has 1 fully saturated rings. The summed E-state index contributed by atoms with van der Waals surface area (Å²) in [6.45, 7) is 1.73. The summed E-state index contributed by atoms with van der Waals surface area (Å²) in [6.07, 6.45) is 4.34. The highest BCUT2D eigenvalue weighted by atomic mass is 16.7. The van der Waals surface area contributed by atoms with E-state index in [0.29, 0.717) is 26.2 Å². The van der Waals surface area contributed by atoms with Gasteiger partial charge in [-0.25, -0.2) is 0 Å². The first-order valence-corrected chi connectivity index (χ1v) is 7.82. The lowest BCUT2D eigenvalue weighted by atomic mass is 10.00. The number of hydrogen-bond acceptors (Lipinski definition) is 6. The second-order valence-electron chi connectivity index (χ2n) is 5.49. The molecule has 1 aromatic rings. The topological polar surface area (TPSA) is 66.5 Å². The largest absolute Gasteiger partial charge is 0.497 e. The smallest absolute Gasteiger partial charge is 0.146 e. The van der Waals surface area contributed by atoms with E-state index in [2.05, 4.69) is 0 Å². The van der Waals surface area contributed by atoms with E-state index in [1.54, 1.807) is 20.3 Å². The molecule has 0 radical (unpaired) electrons. The second kappa shape index (κ2) is 9.54. The van der Waals surface area contributed by atoms with Gasteiger partial charge in [-0.05, 0) is 29.8 Å². The van der Waals surface area contributed by atoms with E-state index in [-0.39, 0.29) is 12.9 Å². The number of benzene rings is 1. The lowest BCUT2D eigenvalue weighted by molar-refractivity contribution is -0.104. The Morgan fingerprint density at radius 2 is 2.04 bits per heavy atom. The zero-order valence-corrected chi connectivity index (χ0v) is 14.1. The molecule has 0 aromatic heterocycles. The van der Waals surface area contributed by atoms with Gasteiger partial charge >= 0.3 is 0 Å². The van der Waals surface area contributed by atoms with Gasteiger partial charge in [0.15, 0.2) is 0 Å². The maximum atomic E-state index is 10.5. The Morgan fingerprint density at radius 3 is 2.62 bits per heavy atom. The molecule has 0 saturated carbocycles. The average molecular weight is 336 g/mol. The zero-order valence-electron chi connectivity index (χ0n) is 14.1. The SMILES string of the molecule is COCO[C@H](CCOCc1ccc(OC)cc1)[C@]1(/C=C/C=O)CO1. The molecular formula is C18H24O6. The number of ether oxygens (including phenoxy) is 5. The average Bonchev–Trinajstić information content (AvgIpc) is 3.40. The molecule has 0 aliphatic carbocycles. The van der Waals surface area contributed by atoms with E-state index in [1.165, 1.54) is 6.08 Å². The number of aldehydes is 1. The molecule has 6 heteroatoms. The van der Waals surface area contributed by atoms with Gasteiger partial charge in [-0.3, -0.25) is 4.79 Å². The van der Waals surface area contributed by atoms with Crippen molar-refractivity contribution in [2.75, 3.05) is 34.2 Å². The fraction of sp³-hybridized carbons (Fsp3) is 0.500. The summed E-state index contributed by atoms with van der Waals surface area (Å²) in [5.74, 6) is 0.821. The minimum Gasteiger partial charge on any atom is -0.497 e. The first-order chi connectivity index (χ1) is 11.7. The summed E-state index contributed by atoms with van der Waals surface area (Å²) < 4.78 is 27.0. The number of hydrogen-bond donors (Lipinski definition) is 0. The predicted molar refractivity (Wildman–Crippen MR) is 87.9 cm³/mol. The van der Waals surface area contributed by atoms with E-state index in [4.69, 9.17) is 23.7 Å². The number of carbonyl (C=O) groups is 1. The zero-order chi connectivity index (χ0) is 17.3. The van der Waals surface area contributed by atoms with E-state index in [0.717, 1.165) is 17.6 Å². The van der Waals surface area contributed by atoms with Crippen LogP contribution in [0.15, 0.2) is 36.4 Å². The Hall–Kier alpha value is -1.73. The van der Waals surface area contributed by atoms with Crippen LogP contribution in [-0.2, 0) is 30.3 Å². The van der Waals surface area contributed by atoms with Crippen molar-refractivity contribution < 1.29 is 28.5 Å². The number of epoxide rings is 1. The Morgan fingerprint density at radius 1 is 1.29 bits per heavy atom. The summed E-state index contributed by atoms with van der Waals surface area (Å²) in [4.78, 5) is 10.5. The predicted octanol–water partition coefficient (Wildman–Crippen LogP) is 2.12. The highest BCUT2D eigenvalue weighted by molar-refractivity contribution is 5.65. The van der Waals surface area contributed by atoms with Crippen molar-refractivity contribution >= 4 is 6.29 Å². The quantitative estimate of drug-likeness (QED) is 0.191. The monoisotopic (exact) mass is 336 g/mol. The minimum absolute atomic E-state index is 0.170. The minimum atomic E-state index is -0.539. The lowest BCUT2D eigenvalue weighted by Crippen LogP contribution is -2.33. The third kappa shape index (κ3) is 5.42. The Balaban J connectivity index is 1.79. The fourth-order valence-corrected chi connectivity index (χ4v) is 2.40. The molecule has 1 aromatic carbocycles. The molecular weight excluding hydrogens is 312 g/mol. The van der Waals surface area contributed by atoms with Gasteiger partial charge in [-0.15, -0.1) is 0 Å². The summed E-state index contributed by atoms with van der Waals surface area (Å²) >= 11 is 0. The van der Waals surface area contributed by atoms with E-state index in [9.17, 15) is 4.79 Å². The van der Waals surface area contributed by atoms with E-state index >= 15 is 0 Å². The standard InChI is InChI=1S/C18H24O6/c1-20-14-23-17(18(13-24-18)9-3-10-19)8-11-22-12-15-4-6-16(21-2)7-5-15/h3-7,9-10,17H,8,11-14H2,1-2H3/b9-3+/t17-,18+/m1/s1. The molecule has 1 saturated heterocycles. The van der Waals surface area contributed by atoms with E-state index in [1.807, 2.05) is 24.3 Å².